The lowest BCUT2D eigenvalue weighted by atomic mass is 9.92. The molecule has 34 heavy (non-hydrogen) atoms. The van der Waals surface area contributed by atoms with Gasteiger partial charge in [0.1, 0.15) is 5.92 Å². The van der Waals surface area contributed by atoms with E-state index in [9.17, 15) is 9.59 Å². The van der Waals surface area contributed by atoms with E-state index in [1.54, 1.807) is 13.1 Å². The Hall–Kier alpha value is -3.60. The summed E-state index contributed by atoms with van der Waals surface area (Å²) in [6.45, 7) is 10.1. The molecule has 1 aromatic heterocycles. The zero-order valence-corrected chi connectivity index (χ0v) is 20.5. The number of amides is 1. The monoisotopic (exact) mass is 453 g/mol. The number of ketones is 1. The summed E-state index contributed by atoms with van der Waals surface area (Å²) in [5, 5.41) is 5.86. The lowest BCUT2D eigenvalue weighted by Gasteiger charge is -2.17. The maximum Gasteiger partial charge on any atom is 0.263 e. The van der Waals surface area contributed by atoms with Crippen LogP contribution in [-0.2, 0) is 22.4 Å². The van der Waals surface area contributed by atoms with Gasteiger partial charge >= 0.3 is 0 Å². The number of hydrazone groups is 1. The summed E-state index contributed by atoms with van der Waals surface area (Å²) in [5.41, 5.74) is 7.27. The van der Waals surface area contributed by atoms with E-state index >= 15 is 0 Å². The van der Waals surface area contributed by atoms with Gasteiger partial charge < -0.3 is 0 Å². The van der Waals surface area contributed by atoms with Gasteiger partial charge in [-0.3, -0.25) is 14.6 Å². The summed E-state index contributed by atoms with van der Waals surface area (Å²) in [5.74, 6) is -0.730. The molecule has 174 valence electrons. The summed E-state index contributed by atoms with van der Waals surface area (Å²) in [6, 6.07) is 17.8. The molecule has 1 aliphatic rings. The highest BCUT2D eigenvalue weighted by Gasteiger charge is 2.39. The molecule has 2 aromatic carbocycles. The van der Waals surface area contributed by atoms with Crippen LogP contribution in [0.15, 0.2) is 65.9 Å². The second kappa shape index (κ2) is 9.72. The number of pyridine rings is 1. The summed E-state index contributed by atoms with van der Waals surface area (Å²) in [7, 11) is 0. The molecule has 2 heterocycles. The van der Waals surface area contributed by atoms with Crippen LogP contribution in [0.25, 0.3) is 11.3 Å². The maximum atomic E-state index is 13.3. The summed E-state index contributed by atoms with van der Waals surface area (Å²) in [4.78, 5) is 31.1. The minimum Gasteiger partial charge on any atom is -0.298 e. The Bertz CT molecular complexity index is 1280. The molecule has 5 nitrogen and oxygen atoms in total. The molecule has 3 aromatic rings. The molecular weight excluding hydrogens is 422 g/mol. The molecular formula is C29H31N3O2. The van der Waals surface area contributed by atoms with Crippen molar-refractivity contribution in [2.45, 2.75) is 47.5 Å². The first-order chi connectivity index (χ1) is 16.2. The number of carbonyl (C=O) groups is 2. The summed E-state index contributed by atoms with van der Waals surface area (Å²) < 4.78 is 0. The molecule has 0 saturated carbocycles. The van der Waals surface area contributed by atoms with Crippen molar-refractivity contribution in [3.8, 4) is 11.3 Å². The standard InChI is InChI=1S/C29H31N3O2/c1-18(2)14-22-9-6-10-23(15-22)16-26(33)27-21(5)31-32(29(27)34)24-12-11-19(3)25(17-24)28-20(4)8-7-13-30-28/h6-13,15,17-18,27H,14,16H2,1-5H3. The molecule has 1 aliphatic heterocycles. The van der Waals surface area contributed by atoms with Crippen LogP contribution in [0.5, 0.6) is 0 Å². The third-order valence-electron chi connectivity index (χ3n) is 6.20. The molecule has 4 rings (SSSR count). The van der Waals surface area contributed by atoms with Crippen molar-refractivity contribution in [1.82, 2.24) is 4.98 Å². The molecule has 0 radical (unpaired) electrons. The van der Waals surface area contributed by atoms with Gasteiger partial charge in [-0.1, -0.05) is 50.2 Å². The number of nitrogens with zero attached hydrogens (tertiary/aromatic N) is 3. The lowest BCUT2D eigenvalue weighted by Crippen LogP contribution is -2.33. The van der Waals surface area contributed by atoms with Gasteiger partial charge in [-0.25, -0.2) is 0 Å². The van der Waals surface area contributed by atoms with Crippen LogP contribution in [0.4, 0.5) is 5.69 Å². The molecule has 0 fully saturated rings. The van der Waals surface area contributed by atoms with Crippen LogP contribution in [0, 0.1) is 25.7 Å². The van der Waals surface area contributed by atoms with Crippen molar-refractivity contribution in [2.75, 3.05) is 5.01 Å². The van der Waals surface area contributed by atoms with Gasteiger partial charge in [0.05, 0.1) is 17.1 Å². The Morgan fingerprint density at radius 2 is 1.74 bits per heavy atom. The summed E-state index contributed by atoms with van der Waals surface area (Å²) >= 11 is 0. The number of Topliss-reactive ketones (excluding diaryl/α,β-unsaturated/α-hetero) is 1. The highest BCUT2D eigenvalue weighted by Crippen LogP contribution is 2.32. The van der Waals surface area contributed by atoms with Crippen LogP contribution in [0.3, 0.4) is 0 Å². The van der Waals surface area contributed by atoms with E-state index in [4.69, 9.17) is 0 Å². The number of rotatable bonds is 7. The first kappa shape index (κ1) is 23.6. The Morgan fingerprint density at radius 3 is 2.47 bits per heavy atom. The Labute approximate surface area is 201 Å². The number of hydrogen-bond donors (Lipinski definition) is 0. The molecule has 1 unspecified atom stereocenters. The average molecular weight is 454 g/mol. The highest BCUT2D eigenvalue weighted by molar-refractivity contribution is 6.27. The van der Waals surface area contributed by atoms with E-state index in [-0.39, 0.29) is 18.1 Å². The predicted octanol–water partition coefficient (Wildman–Crippen LogP) is 5.71. The van der Waals surface area contributed by atoms with Crippen LogP contribution in [-0.4, -0.2) is 22.4 Å². The predicted molar refractivity (Wildman–Crippen MR) is 137 cm³/mol. The van der Waals surface area contributed by atoms with Gasteiger partial charge in [-0.05, 0) is 73.6 Å². The fourth-order valence-electron chi connectivity index (χ4n) is 4.53. The number of benzene rings is 2. The van der Waals surface area contributed by atoms with Gasteiger partial charge in [-0.2, -0.15) is 10.1 Å². The summed E-state index contributed by atoms with van der Waals surface area (Å²) in [6.07, 6.45) is 2.95. The first-order valence-corrected chi connectivity index (χ1v) is 11.8. The number of aromatic nitrogens is 1. The number of hydrogen-bond acceptors (Lipinski definition) is 4. The van der Waals surface area contributed by atoms with Gasteiger partial charge in [0, 0.05) is 18.2 Å². The second-order valence-electron chi connectivity index (χ2n) is 9.55. The first-order valence-electron chi connectivity index (χ1n) is 11.8. The van der Waals surface area contributed by atoms with Gasteiger partial charge in [0.15, 0.2) is 5.78 Å². The molecule has 5 heteroatoms. The van der Waals surface area contributed by atoms with Gasteiger partial charge in [-0.15, -0.1) is 0 Å². The number of carbonyl (C=O) groups excluding carboxylic acids is 2. The average Bonchev–Trinajstić information content (AvgIpc) is 3.08. The highest BCUT2D eigenvalue weighted by atomic mass is 16.2. The molecule has 1 atom stereocenters. The fraction of sp³-hybridized carbons (Fsp3) is 0.310. The second-order valence-corrected chi connectivity index (χ2v) is 9.55. The van der Waals surface area contributed by atoms with Crippen molar-refractivity contribution in [3.63, 3.8) is 0 Å². The molecule has 0 N–H and O–H groups in total. The fourth-order valence-corrected chi connectivity index (χ4v) is 4.53. The largest absolute Gasteiger partial charge is 0.298 e. The van der Waals surface area contributed by atoms with E-state index in [2.05, 4.69) is 36.1 Å². The molecule has 0 saturated heterocycles. The third-order valence-corrected chi connectivity index (χ3v) is 6.20. The van der Waals surface area contributed by atoms with Crippen LogP contribution in [0.2, 0.25) is 0 Å². The third kappa shape index (κ3) is 4.84. The van der Waals surface area contributed by atoms with Crippen molar-refractivity contribution < 1.29 is 9.59 Å². The van der Waals surface area contributed by atoms with Gasteiger partial charge in [0.25, 0.3) is 5.91 Å². The SMILES string of the molecule is CC1=NN(c2ccc(C)c(-c3ncccc3C)c2)C(=O)C1C(=O)Cc1cccc(CC(C)C)c1. The van der Waals surface area contributed by atoms with Crippen LogP contribution < -0.4 is 5.01 Å². The molecule has 0 bridgehead atoms. The Balaban J connectivity index is 1.57. The van der Waals surface area contributed by atoms with E-state index in [1.165, 1.54) is 10.6 Å². The zero-order valence-electron chi connectivity index (χ0n) is 20.5. The van der Waals surface area contributed by atoms with Crippen molar-refractivity contribution in [2.24, 2.45) is 16.9 Å². The normalized spacial score (nSPS) is 15.7. The molecule has 1 amide bonds. The zero-order chi connectivity index (χ0) is 24.4. The lowest BCUT2D eigenvalue weighted by molar-refractivity contribution is -0.128. The quantitative estimate of drug-likeness (QED) is 0.430. The van der Waals surface area contributed by atoms with E-state index in [0.29, 0.717) is 17.3 Å². The van der Waals surface area contributed by atoms with Crippen LogP contribution in [0.1, 0.15) is 43.0 Å². The topological polar surface area (TPSA) is 62.6 Å². The number of anilines is 1. The minimum absolute atomic E-state index is 0.122. The number of aryl methyl sites for hydroxylation is 2. The van der Waals surface area contributed by atoms with Crippen molar-refractivity contribution in [3.05, 3.63) is 83.0 Å². The molecule has 0 aliphatic carbocycles. The van der Waals surface area contributed by atoms with Crippen molar-refractivity contribution in [1.29, 1.82) is 0 Å². The molecule has 0 spiro atoms. The maximum absolute atomic E-state index is 13.3. The smallest absolute Gasteiger partial charge is 0.263 e. The Kier molecular flexibility index (Phi) is 6.73. The van der Waals surface area contributed by atoms with E-state index < -0.39 is 5.92 Å². The van der Waals surface area contributed by atoms with E-state index in [1.807, 2.05) is 56.3 Å². The minimum atomic E-state index is -0.852. The van der Waals surface area contributed by atoms with Crippen LogP contribution >= 0.6 is 0 Å². The van der Waals surface area contributed by atoms with Crippen molar-refractivity contribution >= 4 is 23.1 Å². The van der Waals surface area contributed by atoms with E-state index in [0.717, 1.165) is 34.4 Å². The Morgan fingerprint density at radius 1 is 0.971 bits per heavy atom. The van der Waals surface area contributed by atoms with Gasteiger partial charge in [0.2, 0.25) is 0 Å².